The molecule has 0 unspecified atom stereocenters. The van der Waals surface area contributed by atoms with E-state index in [0.29, 0.717) is 49.9 Å². The van der Waals surface area contributed by atoms with Crippen LogP contribution in [0.15, 0.2) is 18.3 Å². The molecule has 3 aromatic rings. The maximum atomic E-state index is 14.6. The van der Waals surface area contributed by atoms with Crippen LogP contribution < -0.4 is 16.4 Å². The maximum Gasteiger partial charge on any atom is 0.225 e. The third-order valence-electron chi connectivity index (χ3n) is 7.30. The highest BCUT2D eigenvalue weighted by Gasteiger charge is 2.38. The Balaban J connectivity index is 1.54. The lowest BCUT2D eigenvalue weighted by atomic mass is 9.73. The van der Waals surface area contributed by atoms with Crippen molar-refractivity contribution in [3.63, 3.8) is 0 Å². The van der Waals surface area contributed by atoms with Gasteiger partial charge in [-0.3, -0.25) is 9.36 Å². The second-order valence-electron chi connectivity index (χ2n) is 9.86. The van der Waals surface area contributed by atoms with Crippen LogP contribution in [-0.4, -0.2) is 50.9 Å². The van der Waals surface area contributed by atoms with Crippen molar-refractivity contribution in [1.82, 2.24) is 19.5 Å². The Morgan fingerprint density at radius 3 is 2.57 bits per heavy atom. The quantitative estimate of drug-likeness (QED) is 0.419. The zero-order valence-electron chi connectivity index (χ0n) is 20.1. The van der Waals surface area contributed by atoms with Crippen LogP contribution in [0.4, 0.5) is 30.8 Å². The summed E-state index contributed by atoms with van der Waals surface area (Å²) in [7, 11) is 0. The number of fused-ring (bicyclic) bond motifs is 1. The van der Waals surface area contributed by atoms with Gasteiger partial charge in [0.2, 0.25) is 17.8 Å². The van der Waals surface area contributed by atoms with Gasteiger partial charge in [0.05, 0.1) is 18.8 Å². The van der Waals surface area contributed by atoms with E-state index in [4.69, 9.17) is 22.1 Å². The van der Waals surface area contributed by atoms with Gasteiger partial charge in [-0.25, -0.2) is 23.1 Å². The first-order valence-electron chi connectivity index (χ1n) is 12.1. The first-order chi connectivity index (χ1) is 17.6. The normalized spacial score (nSPS) is 26.2. The molecule has 3 heterocycles. The minimum atomic E-state index is -1.21. The predicted octanol–water partition coefficient (Wildman–Crippen LogP) is 4.65. The summed E-state index contributed by atoms with van der Waals surface area (Å²) < 4.78 is 50.5. The highest BCUT2D eigenvalue weighted by atomic mass is 35.5. The number of imidazole rings is 1. The van der Waals surface area contributed by atoms with Crippen molar-refractivity contribution in [1.29, 1.82) is 0 Å². The minimum Gasteiger partial charge on any atom is -0.378 e. The van der Waals surface area contributed by atoms with Gasteiger partial charge in [-0.2, -0.15) is 4.98 Å². The number of carbonyl (C=O) groups excluding carboxylic acids is 1. The zero-order valence-corrected chi connectivity index (χ0v) is 20.9. The molecular formula is C24H27ClF3N7O2. The Morgan fingerprint density at radius 2 is 1.92 bits per heavy atom. The molecule has 5 rings (SSSR count). The molecule has 0 spiro atoms. The Labute approximate surface area is 215 Å². The predicted molar refractivity (Wildman–Crippen MR) is 133 cm³/mol. The van der Waals surface area contributed by atoms with Crippen LogP contribution >= 0.6 is 11.6 Å². The fourth-order valence-corrected chi connectivity index (χ4v) is 5.14. The van der Waals surface area contributed by atoms with Crippen LogP contribution in [0.5, 0.6) is 0 Å². The van der Waals surface area contributed by atoms with Gasteiger partial charge in [0.1, 0.15) is 17.4 Å². The van der Waals surface area contributed by atoms with Gasteiger partial charge in [-0.15, -0.1) is 0 Å². The Kier molecular flexibility index (Phi) is 6.88. The Hall–Kier alpha value is -3.12. The molecule has 4 N–H and O–H groups in total. The van der Waals surface area contributed by atoms with E-state index in [-0.39, 0.29) is 35.5 Å². The van der Waals surface area contributed by atoms with Crippen LogP contribution in [0.3, 0.4) is 0 Å². The van der Waals surface area contributed by atoms with Gasteiger partial charge < -0.3 is 21.1 Å². The molecule has 2 aromatic heterocycles. The molecule has 0 radical (unpaired) electrons. The number of amides is 1. The third kappa shape index (κ3) is 5.04. The maximum absolute atomic E-state index is 14.6. The first-order valence-corrected chi connectivity index (χ1v) is 12.5. The molecule has 2 atom stereocenters. The number of rotatable bonds is 6. The second-order valence-corrected chi connectivity index (χ2v) is 10.3. The van der Waals surface area contributed by atoms with Gasteiger partial charge in [-0.1, -0.05) is 18.5 Å². The Bertz CT molecular complexity index is 1310. The summed E-state index contributed by atoms with van der Waals surface area (Å²) in [4.78, 5) is 25.4. The number of anilines is 3. The number of carbonyl (C=O) groups is 1. The molecule has 2 aliphatic rings. The van der Waals surface area contributed by atoms with Crippen LogP contribution in [0.25, 0.3) is 11.2 Å². The lowest BCUT2D eigenvalue weighted by Crippen LogP contribution is -2.39. The zero-order chi connectivity index (χ0) is 26.3. The molecule has 0 bridgehead atoms. The van der Waals surface area contributed by atoms with Gasteiger partial charge in [0.15, 0.2) is 17.3 Å². The van der Waals surface area contributed by atoms with E-state index >= 15 is 0 Å². The second kappa shape index (κ2) is 9.97. The lowest BCUT2D eigenvalue weighted by Gasteiger charge is -2.35. The van der Waals surface area contributed by atoms with Crippen molar-refractivity contribution in [3.8, 4) is 0 Å². The molecule has 13 heteroatoms. The lowest BCUT2D eigenvalue weighted by molar-refractivity contribution is -0.128. The van der Waals surface area contributed by atoms with Gasteiger partial charge >= 0.3 is 0 Å². The van der Waals surface area contributed by atoms with E-state index < -0.39 is 35.0 Å². The summed E-state index contributed by atoms with van der Waals surface area (Å²) in [5, 5.41) is 5.72. The van der Waals surface area contributed by atoms with Crippen LogP contribution in [0.1, 0.15) is 45.1 Å². The average Bonchev–Trinajstić information content (AvgIpc) is 3.20. The topological polar surface area (TPSA) is 120 Å². The summed E-state index contributed by atoms with van der Waals surface area (Å²) in [6.07, 6.45) is 2.89. The number of benzene rings is 1. The smallest absolute Gasteiger partial charge is 0.225 e. The summed E-state index contributed by atoms with van der Waals surface area (Å²) >= 11 is 5.78. The molecule has 1 aliphatic heterocycles. The van der Waals surface area contributed by atoms with E-state index in [9.17, 15) is 18.0 Å². The molecule has 2 fully saturated rings. The molecule has 1 aliphatic carbocycles. The van der Waals surface area contributed by atoms with Crippen molar-refractivity contribution in [3.05, 3.63) is 35.0 Å². The van der Waals surface area contributed by atoms with Gasteiger partial charge in [-0.05, 0) is 44.2 Å². The number of alkyl halides is 1. The molecule has 1 amide bonds. The fraction of sp³-hybridized carbons (Fsp3) is 0.500. The summed E-state index contributed by atoms with van der Waals surface area (Å²) in [6.45, 7) is 2.25. The van der Waals surface area contributed by atoms with Crippen LogP contribution in [0, 0.1) is 17.0 Å². The summed E-state index contributed by atoms with van der Waals surface area (Å²) in [6, 6.07) is 1.30. The fourth-order valence-electron chi connectivity index (χ4n) is 4.94. The first kappa shape index (κ1) is 25.5. The molecule has 1 aromatic carbocycles. The standard InChI is InChI=1S/C24H27ClF3N7O2/c1-24(21(29)36)5-2-13(3-6-24)35-20-18(10-30-22(34-20)31-17-4-7-37-11-16(17)28)32-23(35)33-19-14(26)8-12(25)9-15(19)27/h8-10,13,16-17H,2-7,11H2,1H3,(H2,29,36)(H,32,33)(H,30,31,34)/t13-,16-,17-,24+/m1/s1. The monoisotopic (exact) mass is 537 g/mol. The summed E-state index contributed by atoms with van der Waals surface area (Å²) in [5.74, 6) is -1.76. The molecule has 1 saturated carbocycles. The number of nitrogens with one attached hydrogen (secondary N) is 2. The number of nitrogens with two attached hydrogens (primary N) is 1. The van der Waals surface area contributed by atoms with Crippen molar-refractivity contribution in [2.45, 2.75) is 57.3 Å². The van der Waals surface area contributed by atoms with Crippen molar-refractivity contribution >= 4 is 46.3 Å². The van der Waals surface area contributed by atoms with Gasteiger partial charge in [0, 0.05) is 23.1 Å². The van der Waals surface area contributed by atoms with E-state index in [0.717, 1.165) is 12.1 Å². The van der Waals surface area contributed by atoms with E-state index in [1.807, 2.05) is 6.92 Å². The van der Waals surface area contributed by atoms with E-state index in [2.05, 4.69) is 25.6 Å². The molecule has 37 heavy (non-hydrogen) atoms. The van der Waals surface area contributed by atoms with Crippen molar-refractivity contribution in [2.75, 3.05) is 23.8 Å². The SMILES string of the molecule is C[C@]1(C(N)=O)CC[C@@H](n2c(Nc3c(F)cc(Cl)cc3F)nc3cnc(N[C@@H]4CCOC[C@H]4F)nc32)CC1. The van der Waals surface area contributed by atoms with E-state index in [1.165, 1.54) is 6.20 Å². The third-order valence-corrected chi connectivity index (χ3v) is 7.51. The van der Waals surface area contributed by atoms with Crippen molar-refractivity contribution in [2.24, 2.45) is 11.1 Å². The number of hydrogen-bond acceptors (Lipinski definition) is 7. The van der Waals surface area contributed by atoms with E-state index in [1.54, 1.807) is 4.57 Å². The highest BCUT2D eigenvalue weighted by molar-refractivity contribution is 6.30. The molecule has 198 valence electrons. The minimum absolute atomic E-state index is 0.00909. The number of ether oxygens (including phenoxy) is 1. The average molecular weight is 538 g/mol. The van der Waals surface area contributed by atoms with Crippen LogP contribution in [-0.2, 0) is 9.53 Å². The Morgan fingerprint density at radius 1 is 1.22 bits per heavy atom. The van der Waals surface area contributed by atoms with Gasteiger partial charge in [0.25, 0.3) is 0 Å². The van der Waals surface area contributed by atoms with Crippen molar-refractivity contribution < 1.29 is 22.7 Å². The number of aromatic nitrogens is 4. The number of primary amides is 1. The van der Waals surface area contributed by atoms with Crippen LogP contribution in [0.2, 0.25) is 5.02 Å². The summed E-state index contributed by atoms with van der Waals surface area (Å²) in [5.41, 5.74) is 5.36. The molecule has 9 nitrogen and oxygen atoms in total. The molecule has 1 saturated heterocycles. The number of nitrogens with zero attached hydrogens (tertiary/aromatic N) is 4. The highest BCUT2D eigenvalue weighted by Crippen LogP contribution is 2.43. The molecular weight excluding hydrogens is 511 g/mol. The number of halogens is 4. The number of hydrogen-bond donors (Lipinski definition) is 3. The largest absolute Gasteiger partial charge is 0.378 e.